The van der Waals surface area contributed by atoms with Crippen LogP contribution in [-0.2, 0) is 13.6 Å². The van der Waals surface area contributed by atoms with Crippen molar-refractivity contribution in [2.75, 3.05) is 0 Å². The molecule has 0 fully saturated rings. The van der Waals surface area contributed by atoms with Crippen LogP contribution in [0.2, 0.25) is 0 Å². The van der Waals surface area contributed by atoms with Crippen LogP contribution in [0.15, 0.2) is 0 Å². The lowest BCUT2D eigenvalue weighted by molar-refractivity contribution is -0.139. The number of carbonyl (C=O) groups is 1. The van der Waals surface area contributed by atoms with Gasteiger partial charge in [-0.05, 0) is 20.3 Å². The highest BCUT2D eigenvalue weighted by Crippen LogP contribution is 2.09. The van der Waals surface area contributed by atoms with Crippen molar-refractivity contribution in [2.24, 2.45) is 5.92 Å². The van der Waals surface area contributed by atoms with Crippen LogP contribution in [0.1, 0.15) is 47.0 Å². The molecule has 1 atom stereocenters. The Morgan fingerprint density at radius 3 is 2.50 bits per heavy atom. The summed E-state index contributed by atoms with van der Waals surface area (Å²) in [5.74, 6) is -0.143. The van der Waals surface area contributed by atoms with Gasteiger partial charge in [-0.1, -0.05) is 26.7 Å². The standard InChI is InChI=1S/C10H20O3Si/c1-5-6-7-9(4)10(11)13-14-12-8(2)3/h8-9H,5-7H2,1-4H3. The molecule has 0 saturated carbocycles. The predicted octanol–water partition coefficient (Wildman–Crippen LogP) is 2.32. The van der Waals surface area contributed by atoms with Crippen molar-refractivity contribution in [1.29, 1.82) is 0 Å². The van der Waals surface area contributed by atoms with Crippen LogP contribution < -0.4 is 0 Å². The highest BCUT2D eigenvalue weighted by atomic mass is 28.3. The van der Waals surface area contributed by atoms with Gasteiger partial charge in [-0.3, -0.25) is 4.79 Å². The lowest BCUT2D eigenvalue weighted by Gasteiger charge is -2.10. The normalized spacial score (nSPS) is 12.9. The summed E-state index contributed by atoms with van der Waals surface area (Å²) >= 11 is 0. The van der Waals surface area contributed by atoms with E-state index in [9.17, 15) is 4.79 Å². The van der Waals surface area contributed by atoms with Crippen LogP contribution in [0.4, 0.5) is 0 Å². The van der Waals surface area contributed by atoms with E-state index in [-0.39, 0.29) is 28.0 Å². The molecule has 0 spiro atoms. The van der Waals surface area contributed by atoms with E-state index in [4.69, 9.17) is 8.85 Å². The molecule has 0 N–H and O–H groups in total. The van der Waals surface area contributed by atoms with Crippen molar-refractivity contribution in [3.63, 3.8) is 0 Å². The topological polar surface area (TPSA) is 35.5 Å². The van der Waals surface area contributed by atoms with Crippen LogP contribution in [0.25, 0.3) is 0 Å². The quantitative estimate of drug-likeness (QED) is 0.613. The molecule has 3 nitrogen and oxygen atoms in total. The highest BCUT2D eigenvalue weighted by Gasteiger charge is 2.14. The summed E-state index contributed by atoms with van der Waals surface area (Å²) in [5.41, 5.74) is 0. The van der Waals surface area contributed by atoms with E-state index in [0.717, 1.165) is 19.3 Å². The van der Waals surface area contributed by atoms with Crippen molar-refractivity contribution in [1.82, 2.24) is 0 Å². The zero-order valence-corrected chi connectivity index (χ0v) is 10.5. The van der Waals surface area contributed by atoms with Gasteiger partial charge in [0.15, 0.2) is 0 Å². The third kappa shape index (κ3) is 7.09. The zero-order chi connectivity index (χ0) is 11.0. The molecule has 4 heteroatoms. The Hall–Kier alpha value is -0.353. The van der Waals surface area contributed by atoms with Crippen LogP contribution in [-0.4, -0.2) is 22.1 Å². The number of hydrogen-bond donors (Lipinski definition) is 0. The molecule has 0 amide bonds. The predicted molar refractivity (Wildman–Crippen MR) is 56.8 cm³/mol. The molecule has 0 aliphatic carbocycles. The van der Waals surface area contributed by atoms with Crippen molar-refractivity contribution in [3.05, 3.63) is 0 Å². The minimum Gasteiger partial charge on any atom is -0.490 e. The molecule has 0 heterocycles. The first kappa shape index (κ1) is 13.6. The Kier molecular flexibility index (Phi) is 7.80. The monoisotopic (exact) mass is 216 g/mol. The van der Waals surface area contributed by atoms with E-state index >= 15 is 0 Å². The summed E-state index contributed by atoms with van der Waals surface area (Å²) in [6.07, 6.45) is 3.21. The van der Waals surface area contributed by atoms with Gasteiger partial charge in [-0.15, -0.1) is 0 Å². The molecule has 0 saturated heterocycles. The molecule has 1 unspecified atom stereocenters. The maximum atomic E-state index is 11.3. The van der Waals surface area contributed by atoms with Gasteiger partial charge < -0.3 is 8.85 Å². The second-order valence-corrected chi connectivity index (χ2v) is 4.32. The summed E-state index contributed by atoms with van der Waals surface area (Å²) in [4.78, 5) is 11.3. The van der Waals surface area contributed by atoms with E-state index in [1.54, 1.807) is 0 Å². The fourth-order valence-corrected chi connectivity index (χ4v) is 1.41. The lowest BCUT2D eigenvalue weighted by atomic mass is 10.1. The molecule has 82 valence electrons. The molecule has 0 rings (SSSR count). The second kappa shape index (κ2) is 8.00. The minimum atomic E-state index is -0.159. The van der Waals surface area contributed by atoms with E-state index in [2.05, 4.69) is 6.92 Å². The molecule has 2 radical (unpaired) electrons. The van der Waals surface area contributed by atoms with E-state index in [1.165, 1.54) is 0 Å². The lowest BCUT2D eigenvalue weighted by Crippen LogP contribution is -2.20. The van der Waals surface area contributed by atoms with Gasteiger partial charge in [0.2, 0.25) is 0 Å². The third-order valence-electron chi connectivity index (χ3n) is 1.82. The number of carbonyl (C=O) groups excluding carboxylic acids is 1. The Morgan fingerprint density at radius 1 is 1.36 bits per heavy atom. The number of rotatable bonds is 7. The first-order valence-corrected chi connectivity index (χ1v) is 6.00. The Labute approximate surface area is 89.2 Å². The SMILES string of the molecule is CCCCC(C)C(=O)O[Si]OC(C)C. The third-order valence-corrected chi connectivity index (χ3v) is 2.67. The largest absolute Gasteiger partial charge is 0.523 e. The maximum absolute atomic E-state index is 11.3. The zero-order valence-electron chi connectivity index (χ0n) is 9.50. The Bertz CT molecular complexity index is 159. The van der Waals surface area contributed by atoms with Gasteiger partial charge in [0.25, 0.3) is 5.97 Å². The molecule has 14 heavy (non-hydrogen) atoms. The van der Waals surface area contributed by atoms with Gasteiger partial charge in [0.05, 0.1) is 5.92 Å². The van der Waals surface area contributed by atoms with Crippen molar-refractivity contribution in [2.45, 2.75) is 53.1 Å². The van der Waals surface area contributed by atoms with Gasteiger partial charge >= 0.3 is 10.0 Å². The molecule has 0 aromatic carbocycles. The summed E-state index contributed by atoms with van der Waals surface area (Å²) < 4.78 is 10.1. The van der Waals surface area contributed by atoms with E-state index in [0.29, 0.717) is 0 Å². The van der Waals surface area contributed by atoms with E-state index < -0.39 is 0 Å². The summed E-state index contributed by atoms with van der Waals surface area (Å²) in [6.45, 7) is 7.85. The molecular weight excluding hydrogens is 196 g/mol. The molecule has 0 aliphatic rings. The molecule has 0 bridgehead atoms. The summed E-state index contributed by atoms with van der Waals surface area (Å²) in [6, 6.07) is 0. The summed E-state index contributed by atoms with van der Waals surface area (Å²) in [5, 5.41) is 0. The smallest absolute Gasteiger partial charge is 0.490 e. The van der Waals surface area contributed by atoms with E-state index in [1.807, 2.05) is 20.8 Å². The van der Waals surface area contributed by atoms with Crippen LogP contribution in [0, 0.1) is 5.92 Å². The number of hydrogen-bond acceptors (Lipinski definition) is 3. The first-order chi connectivity index (χ1) is 6.57. The van der Waals surface area contributed by atoms with Crippen molar-refractivity contribution >= 4 is 16.0 Å². The maximum Gasteiger partial charge on any atom is 0.523 e. The number of unbranched alkanes of at least 4 members (excludes halogenated alkanes) is 1. The average molecular weight is 216 g/mol. The Morgan fingerprint density at radius 2 is 2.00 bits per heavy atom. The van der Waals surface area contributed by atoms with Crippen molar-refractivity contribution in [3.8, 4) is 0 Å². The average Bonchev–Trinajstić information content (AvgIpc) is 2.13. The van der Waals surface area contributed by atoms with Gasteiger partial charge in [0, 0.05) is 6.10 Å². The molecule has 0 aromatic rings. The van der Waals surface area contributed by atoms with Gasteiger partial charge in [-0.2, -0.15) is 0 Å². The molecule has 0 aliphatic heterocycles. The fourth-order valence-electron chi connectivity index (χ4n) is 0.890. The fraction of sp³-hybridized carbons (Fsp3) is 0.900. The minimum absolute atomic E-state index is 0.00166. The van der Waals surface area contributed by atoms with Gasteiger partial charge in [-0.25, -0.2) is 0 Å². The van der Waals surface area contributed by atoms with Crippen LogP contribution >= 0.6 is 0 Å². The Balaban J connectivity index is 3.52. The first-order valence-electron chi connectivity index (χ1n) is 5.19. The highest BCUT2D eigenvalue weighted by molar-refractivity contribution is 6.22. The van der Waals surface area contributed by atoms with Crippen LogP contribution in [0.5, 0.6) is 0 Å². The van der Waals surface area contributed by atoms with Gasteiger partial charge in [0.1, 0.15) is 0 Å². The summed E-state index contributed by atoms with van der Waals surface area (Å²) in [7, 11) is -0.159. The molecule has 0 aromatic heterocycles. The van der Waals surface area contributed by atoms with Crippen LogP contribution in [0.3, 0.4) is 0 Å². The molecular formula is C10H20O3Si. The second-order valence-electron chi connectivity index (χ2n) is 3.71. The van der Waals surface area contributed by atoms with Crippen molar-refractivity contribution < 1.29 is 13.6 Å².